The highest BCUT2D eigenvalue weighted by atomic mass is 16.5. The maximum atomic E-state index is 10.9. The van der Waals surface area contributed by atoms with Gasteiger partial charge in [0.1, 0.15) is 5.75 Å². The van der Waals surface area contributed by atoms with Crippen LogP contribution in [-0.2, 0) is 4.79 Å². The topological polar surface area (TPSA) is 46.5 Å². The van der Waals surface area contributed by atoms with E-state index in [1.54, 1.807) is 14.0 Å². The van der Waals surface area contributed by atoms with Crippen molar-refractivity contribution in [2.75, 3.05) is 7.11 Å². The Hall–Kier alpha value is -2.03. The Kier molecular flexibility index (Phi) is 3.00. The second-order valence-corrected chi connectivity index (χ2v) is 4.00. The summed E-state index contributed by atoms with van der Waals surface area (Å²) in [5.41, 5.74) is 0.804. The molecule has 88 valence electrons. The normalized spacial score (nSPS) is 12.4. The summed E-state index contributed by atoms with van der Waals surface area (Å²) in [5, 5.41) is 11.0. The molecule has 0 aliphatic rings. The van der Waals surface area contributed by atoms with E-state index in [0.717, 1.165) is 22.1 Å². The lowest BCUT2D eigenvalue weighted by Crippen LogP contribution is -2.07. The molecular formula is C14H14O3. The van der Waals surface area contributed by atoms with E-state index in [1.165, 1.54) is 0 Å². The Morgan fingerprint density at radius 2 is 2.06 bits per heavy atom. The molecule has 17 heavy (non-hydrogen) atoms. The molecule has 2 aromatic rings. The van der Waals surface area contributed by atoms with Crippen molar-refractivity contribution in [3.8, 4) is 5.75 Å². The third-order valence-electron chi connectivity index (χ3n) is 2.95. The van der Waals surface area contributed by atoms with Crippen molar-refractivity contribution in [3.63, 3.8) is 0 Å². The first kappa shape index (κ1) is 11.5. The van der Waals surface area contributed by atoms with Crippen molar-refractivity contribution in [3.05, 3.63) is 42.0 Å². The van der Waals surface area contributed by atoms with Gasteiger partial charge in [0, 0.05) is 5.39 Å². The molecule has 3 heteroatoms. The number of aliphatic carboxylic acids is 1. The molecule has 2 rings (SSSR count). The minimum absolute atomic E-state index is 0.495. The molecule has 0 spiro atoms. The maximum Gasteiger partial charge on any atom is 0.310 e. The summed E-state index contributed by atoms with van der Waals surface area (Å²) < 4.78 is 5.26. The maximum absolute atomic E-state index is 10.9. The molecule has 3 nitrogen and oxygen atoms in total. The molecule has 0 heterocycles. The molecule has 0 radical (unpaired) electrons. The number of carboxylic acids is 1. The average Bonchev–Trinajstić information content (AvgIpc) is 2.36. The zero-order valence-corrected chi connectivity index (χ0v) is 9.81. The predicted molar refractivity (Wildman–Crippen MR) is 66.6 cm³/mol. The van der Waals surface area contributed by atoms with Crippen LogP contribution in [0.4, 0.5) is 0 Å². The summed E-state index contributed by atoms with van der Waals surface area (Å²) in [6.07, 6.45) is 0. The number of ether oxygens (including phenoxy) is 1. The molecule has 0 aliphatic heterocycles. The van der Waals surface area contributed by atoms with Gasteiger partial charge in [-0.25, -0.2) is 0 Å². The lowest BCUT2D eigenvalue weighted by molar-refractivity contribution is -0.138. The number of fused-ring (bicyclic) bond motifs is 1. The van der Waals surface area contributed by atoms with Crippen LogP contribution in [0.3, 0.4) is 0 Å². The van der Waals surface area contributed by atoms with E-state index in [1.807, 2.05) is 36.4 Å². The van der Waals surface area contributed by atoms with Gasteiger partial charge in [-0.2, -0.15) is 0 Å². The third kappa shape index (κ3) is 2.09. The van der Waals surface area contributed by atoms with Crippen LogP contribution in [0.2, 0.25) is 0 Å². The molecule has 0 saturated heterocycles. The summed E-state index contributed by atoms with van der Waals surface area (Å²) in [4.78, 5) is 10.9. The SMILES string of the molecule is COc1cccc2cc([C@H](C)C(=O)O)ccc12. The van der Waals surface area contributed by atoms with Crippen molar-refractivity contribution >= 4 is 16.7 Å². The standard InChI is InChI=1S/C14H14O3/c1-9(14(15)16)10-6-7-12-11(8-10)4-3-5-13(12)17-2/h3-9H,1-2H3,(H,15,16)/t9-/m0/s1. The molecule has 0 amide bonds. The van der Waals surface area contributed by atoms with E-state index in [2.05, 4.69) is 0 Å². The second kappa shape index (κ2) is 4.45. The molecule has 1 N–H and O–H groups in total. The van der Waals surface area contributed by atoms with Crippen molar-refractivity contribution in [2.45, 2.75) is 12.8 Å². The zero-order valence-electron chi connectivity index (χ0n) is 9.81. The summed E-state index contributed by atoms with van der Waals surface area (Å²) in [6, 6.07) is 11.4. The van der Waals surface area contributed by atoms with Crippen LogP contribution < -0.4 is 4.74 Å². The van der Waals surface area contributed by atoms with Crippen LogP contribution in [0.15, 0.2) is 36.4 Å². The molecule has 0 fully saturated rings. The first-order chi connectivity index (χ1) is 8.13. The fraction of sp³-hybridized carbons (Fsp3) is 0.214. The number of methoxy groups -OCH3 is 1. The smallest absolute Gasteiger partial charge is 0.310 e. The van der Waals surface area contributed by atoms with E-state index in [4.69, 9.17) is 9.84 Å². The van der Waals surface area contributed by atoms with Gasteiger partial charge in [0.15, 0.2) is 0 Å². The van der Waals surface area contributed by atoms with Crippen molar-refractivity contribution < 1.29 is 14.6 Å². The van der Waals surface area contributed by atoms with Crippen LogP contribution in [0.25, 0.3) is 10.8 Å². The Bertz CT molecular complexity index is 560. The highest BCUT2D eigenvalue weighted by Gasteiger charge is 2.14. The van der Waals surface area contributed by atoms with E-state index in [9.17, 15) is 4.79 Å². The first-order valence-electron chi connectivity index (χ1n) is 5.43. The van der Waals surface area contributed by atoms with E-state index < -0.39 is 11.9 Å². The molecule has 0 aliphatic carbocycles. The Balaban J connectivity index is 2.55. The third-order valence-corrected chi connectivity index (χ3v) is 2.95. The van der Waals surface area contributed by atoms with Crippen molar-refractivity contribution in [1.82, 2.24) is 0 Å². The summed E-state index contributed by atoms with van der Waals surface area (Å²) >= 11 is 0. The van der Waals surface area contributed by atoms with Gasteiger partial charge < -0.3 is 9.84 Å². The second-order valence-electron chi connectivity index (χ2n) is 4.00. The van der Waals surface area contributed by atoms with E-state index >= 15 is 0 Å². The van der Waals surface area contributed by atoms with Gasteiger partial charge in [-0.15, -0.1) is 0 Å². The minimum atomic E-state index is -0.813. The van der Waals surface area contributed by atoms with E-state index in [0.29, 0.717) is 0 Å². The molecular weight excluding hydrogens is 216 g/mol. The van der Waals surface area contributed by atoms with Crippen LogP contribution >= 0.6 is 0 Å². The van der Waals surface area contributed by atoms with Crippen LogP contribution in [0.1, 0.15) is 18.4 Å². The first-order valence-corrected chi connectivity index (χ1v) is 5.43. The van der Waals surface area contributed by atoms with Gasteiger partial charge in [0.25, 0.3) is 0 Å². The lowest BCUT2D eigenvalue weighted by atomic mass is 9.98. The Labute approximate surface area is 99.6 Å². The monoisotopic (exact) mass is 230 g/mol. The quantitative estimate of drug-likeness (QED) is 0.881. The molecule has 1 atom stereocenters. The highest BCUT2D eigenvalue weighted by molar-refractivity contribution is 5.90. The number of rotatable bonds is 3. The summed E-state index contributed by atoms with van der Waals surface area (Å²) in [5.74, 6) is -0.505. The number of carbonyl (C=O) groups is 1. The molecule has 2 aromatic carbocycles. The largest absolute Gasteiger partial charge is 0.496 e. The van der Waals surface area contributed by atoms with E-state index in [-0.39, 0.29) is 0 Å². The van der Waals surface area contributed by atoms with Crippen LogP contribution in [0.5, 0.6) is 5.75 Å². The predicted octanol–water partition coefficient (Wildman–Crippen LogP) is 3.04. The summed E-state index contributed by atoms with van der Waals surface area (Å²) in [7, 11) is 1.63. The van der Waals surface area contributed by atoms with Crippen LogP contribution in [-0.4, -0.2) is 18.2 Å². The van der Waals surface area contributed by atoms with Crippen LogP contribution in [0, 0.1) is 0 Å². The molecule has 0 saturated carbocycles. The minimum Gasteiger partial charge on any atom is -0.496 e. The van der Waals surface area contributed by atoms with Gasteiger partial charge in [-0.05, 0) is 23.9 Å². The molecule has 0 unspecified atom stereocenters. The fourth-order valence-electron chi connectivity index (χ4n) is 1.86. The van der Waals surface area contributed by atoms with Crippen molar-refractivity contribution in [1.29, 1.82) is 0 Å². The Morgan fingerprint density at radius 1 is 1.29 bits per heavy atom. The van der Waals surface area contributed by atoms with Gasteiger partial charge in [-0.3, -0.25) is 4.79 Å². The Morgan fingerprint density at radius 3 is 2.71 bits per heavy atom. The van der Waals surface area contributed by atoms with Gasteiger partial charge >= 0.3 is 5.97 Å². The zero-order chi connectivity index (χ0) is 12.4. The fourth-order valence-corrected chi connectivity index (χ4v) is 1.86. The molecule has 0 bridgehead atoms. The summed E-state index contributed by atoms with van der Waals surface area (Å²) in [6.45, 7) is 1.68. The number of carboxylic acid groups (broad SMARTS) is 1. The number of hydrogen-bond donors (Lipinski definition) is 1. The van der Waals surface area contributed by atoms with Gasteiger partial charge in [0.2, 0.25) is 0 Å². The highest BCUT2D eigenvalue weighted by Crippen LogP contribution is 2.28. The lowest BCUT2D eigenvalue weighted by Gasteiger charge is -2.10. The number of hydrogen-bond acceptors (Lipinski definition) is 2. The number of benzene rings is 2. The van der Waals surface area contributed by atoms with Gasteiger partial charge in [-0.1, -0.05) is 30.3 Å². The molecule has 0 aromatic heterocycles. The average molecular weight is 230 g/mol. The van der Waals surface area contributed by atoms with Gasteiger partial charge in [0.05, 0.1) is 13.0 Å². The van der Waals surface area contributed by atoms with Crippen molar-refractivity contribution in [2.24, 2.45) is 0 Å².